The minimum Gasteiger partial charge on any atom is -0.463 e. The predicted molar refractivity (Wildman–Crippen MR) is 101 cm³/mol. The van der Waals surface area contributed by atoms with E-state index >= 15 is 0 Å². The molecule has 2 heteroatoms. The number of carbonyl (C=O) groups is 1. The summed E-state index contributed by atoms with van der Waals surface area (Å²) in [6.45, 7) is 5.06. The van der Waals surface area contributed by atoms with Crippen molar-refractivity contribution in [2.75, 3.05) is 6.61 Å². The lowest BCUT2D eigenvalue weighted by molar-refractivity contribution is -0.137. The third-order valence-electron chi connectivity index (χ3n) is 4.22. The summed E-state index contributed by atoms with van der Waals surface area (Å²) in [6.07, 6.45) is 22.6. The van der Waals surface area contributed by atoms with Crippen molar-refractivity contribution in [2.24, 2.45) is 0 Å². The van der Waals surface area contributed by atoms with Gasteiger partial charge >= 0.3 is 5.97 Å². The number of allylic oxidation sites excluding steroid dienone is 1. The van der Waals surface area contributed by atoms with Crippen molar-refractivity contribution in [3.8, 4) is 0 Å². The third-order valence-corrected chi connectivity index (χ3v) is 4.22. The molecular formula is C21H40O2. The van der Waals surface area contributed by atoms with Crippen molar-refractivity contribution in [3.63, 3.8) is 0 Å². The molecule has 0 fully saturated rings. The van der Waals surface area contributed by atoms with E-state index in [1.54, 1.807) is 6.08 Å². The smallest absolute Gasteiger partial charge is 0.330 e. The number of rotatable bonds is 17. The van der Waals surface area contributed by atoms with Crippen molar-refractivity contribution in [3.05, 3.63) is 12.2 Å². The Morgan fingerprint density at radius 3 is 1.74 bits per heavy atom. The lowest BCUT2D eigenvalue weighted by Gasteiger charge is -2.03. The van der Waals surface area contributed by atoms with Gasteiger partial charge in [-0.05, 0) is 19.3 Å². The van der Waals surface area contributed by atoms with Crippen LogP contribution in [-0.2, 0) is 9.53 Å². The van der Waals surface area contributed by atoms with Crippen molar-refractivity contribution < 1.29 is 9.53 Å². The highest BCUT2D eigenvalue weighted by Gasteiger charge is 1.97. The lowest BCUT2D eigenvalue weighted by atomic mass is 10.1. The molecule has 2 nitrogen and oxygen atoms in total. The molecule has 0 aliphatic carbocycles. The quantitative estimate of drug-likeness (QED) is 0.164. The van der Waals surface area contributed by atoms with Crippen molar-refractivity contribution >= 4 is 5.97 Å². The second-order valence-electron chi connectivity index (χ2n) is 6.60. The Hall–Kier alpha value is -0.790. The molecule has 0 aliphatic rings. The fourth-order valence-corrected chi connectivity index (χ4v) is 2.68. The van der Waals surface area contributed by atoms with Gasteiger partial charge in [0.2, 0.25) is 0 Å². The van der Waals surface area contributed by atoms with E-state index in [-0.39, 0.29) is 5.97 Å². The fraction of sp³-hybridized carbons (Fsp3) is 0.857. The van der Waals surface area contributed by atoms with Crippen molar-refractivity contribution in [2.45, 2.75) is 110 Å². The van der Waals surface area contributed by atoms with E-state index in [2.05, 4.69) is 13.8 Å². The minimum atomic E-state index is -0.168. The first-order chi connectivity index (χ1) is 11.3. The maximum Gasteiger partial charge on any atom is 0.330 e. The normalized spacial score (nSPS) is 11.2. The van der Waals surface area contributed by atoms with E-state index in [1.807, 2.05) is 6.08 Å². The number of unbranched alkanes of at least 4 members (excludes halogenated alkanes) is 13. The van der Waals surface area contributed by atoms with Crippen molar-refractivity contribution in [1.29, 1.82) is 0 Å². The first kappa shape index (κ1) is 22.2. The summed E-state index contributed by atoms with van der Waals surface area (Å²) in [7, 11) is 0. The molecule has 0 saturated carbocycles. The summed E-state index contributed by atoms with van der Waals surface area (Å²) in [5.74, 6) is -0.168. The summed E-state index contributed by atoms with van der Waals surface area (Å²) in [6, 6.07) is 0. The maximum atomic E-state index is 11.5. The second-order valence-corrected chi connectivity index (χ2v) is 6.60. The van der Waals surface area contributed by atoms with Gasteiger partial charge in [0.25, 0.3) is 0 Å². The molecule has 0 heterocycles. The second kappa shape index (κ2) is 19.3. The topological polar surface area (TPSA) is 26.3 Å². The summed E-state index contributed by atoms with van der Waals surface area (Å²) < 4.78 is 5.22. The van der Waals surface area contributed by atoms with E-state index in [1.165, 1.54) is 83.5 Å². The van der Waals surface area contributed by atoms with E-state index in [0.717, 1.165) is 12.8 Å². The minimum absolute atomic E-state index is 0.168. The molecule has 23 heavy (non-hydrogen) atoms. The fourth-order valence-electron chi connectivity index (χ4n) is 2.68. The molecule has 0 aromatic heterocycles. The van der Waals surface area contributed by atoms with E-state index < -0.39 is 0 Å². The molecule has 0 rings (SSSR count). The Kier molecular flexibility index (Phi) is 18.6. The summed E-state index contributed by atoms with van der Waals surface area (Å²) in [5.41, 5.74) is 0. The average molecular weight is 325 g/mol. The largest absolute Gasteiger partial charge is 0.463 e. The van der Waals surface area contributed by atoms with Crippen LogP contribution in [0.15, 0.2) is 12.2 Å². The number of carbonyl (C=O) groups excluding carboxylic acids is 1. The Morgan fingerprint density at radius 1 is 0.696 bits per heavy atom. The zero-order chi connectivity index (χ0) is 17.0. The predicted octanol–water partition coefficient (Wildman–Crippen LogP) is 6.98. The van der Waals surface area contributed by atoms with Crippen LogP contribution in [0.1, 0.15) is 110 Å². The van der Waals surface area contributed by atoms with Gasteiger partial charge in [0, 0.05) is 6.08 Å². The van der Waals surface area contributed by atoms with Gasteiger partial charge in [-0.2, -0.15) is 0 Å². The number of hydrogen-bond acceptors (Lipinski definition) is 2. The molecule has 0 aliphatic heterocycles. The monoisotopic (exact) mass is 324 g/mol. The van der Waals surface area contributed by atoms with Gasteiger partial charge in [0.1, 0.15) is 0 Å². The van der Waals surface area contributed by atoms with Crippen LogP contribution in [0.25, 0.3) is 0 Å². The first-order valence-electron chi connectivity index (χ1n) is 10.1. The van der Waals surface area contributed by atoms with Crippen LogP contribution in [0.2, 0.25) is 0 Å². The molecule has 0 saturated heterocycles. The van der Waals surface area contributed by atoms with Crippen molar-refractivity contribution in [1.82, 2.24) is 0 Å². The summed E-state index contributed by atoms with van der Waals surface area (Å²) in [5, 5.41) is 0. The molecule has 0 amide bonds. The SMILES string of the molecule is CCCCCCCC=CC(=O)OCCCCCCCCCCC. The highest BCUT2D eigenvalue weighted by atomic mass is 16.5. The molecule has 0 N–H and O–H groups in total. The maximum absolute atomic E-state index is 11.5. The molecule has 0 unspecified atom stereocenters. The van der Waals surface area contributed by atoms with Gasteiger partial charge in [-0.25, -0.2) is 4.79 Å². The third kappa shape index (κ3) is 19.2. The Labute approximate surface area is 145 Å². The molecule has 136 valence electrons. The zero-order valence-electron chi connectivity index (χ0n) is 15.8. The Bertz CT molecular complexity index is 271. The van der Waals surface area contributed by atoms with Crippen LogP contribution in [-0.4, -0.2) is 12.6 Å². The van der Waals surface area contributed by atoms with Gasteiger partial charge in [-0.1, -0.05) is 97.0 Å². The van der Waals surface area contributed by atoms with Crippen LogP contribution < -0.4 is 0 Å². The van der Waals surface area contributed by atoms with Crippen LogP contribution in [0.4, 0.5) is 0 Å². The highest BCUT2D eigenvalue weighted by Crippen LogP contribution is 2.09. The summed E-state index contributed by atoms with van der Waals surface area (Å²) >= 11 is 0. The Balaban J connectivity index is 3.23. The molecule has 0 aromatic carbocycles. The van der Waals surface area contributed by atoms with Crippen LogP contribution >= 0.6 is 0 Å². The average Bonchev–Trinajstić information content (AvgIpc) is 2.55. The number of hydrogen-bond donors (Lipinski definition) is 0. The first-order valence-corrected chi connectivity index (χ1v) is 10.1. The van der Waals surface area contributed by atoms with Gasteiger partial charge in [-0.15, -0.1) is 0 Å². The summed E-state index contributed by atoms with van der Waals surface area (Å²) in [4.78, 5) is 11.5. The van der Waals surface area contributed by atoms with Crippen LogP contribution in [0, 0.1) is 0 Å². The van der Waals surface area contributed by atoms with Crippen LogP contribution in [0.3, 0.4) is 0 Å². The van der Waals surface area contributed by atoms with Crippen LogP contribution in [0.5, 0.6) is 0 Å². The van der Waals surface area contributed by atoms with Gasteiger partial charge in [-0.3, -0.25) is 0 Å². The lowest BCUT2D eigenvalue weighted by Crippen LogP contribution is -2.02. The van der Waals surface area contributed by atoms with E-state index in [9.17, 15) is 4.79 Å². The molecule has 0 spiro atoms. The number of esters is 1. The highest BCUT2D eigenvalue weighted by molar-refractivity contribution is 5.81. The van der Waals surface area contributed by atoms with Gasteiger partial charge < -0.3 is 4.74 Å². The molecule has 0 radical (unpaired) electrons. The molecular weight excluding hydrogens is 284 g/mol. The molecule has 0 aromatic rings. The van der Waals surface area contributed by atoms with Gasteiger partial charge in [0.05, 0.1) is 6.61 Å². The van der Waals surface area contributed by atoms with E-state index in [4.69, 9.17) is 4.74 Å². The van der Waals surface area contributed by atoms with E-state index in [0.29, 0.717) is 6.61 Å². The molecule has 0 bridgehead atoms. The standard InChI is InChI=1S/C21H40O2/c1-3-5-7-9-11-12-14-16-18-20-23-21(22)19-17-15-13-10-8-6-4-2/h17,19H,3-16,18,20H2,1-2H3. The molecule has 0 atom stereocenters. The number of ether oxygens (including phenoxy) is 1. The Morgan fingerprint density at radius 2 is 1.17 bits per heavy atom. The van der Waals surface area contributed by atoms with Gasteiger partial charge in [0.15, 0.2) is 0 Å². The zero-order valence-corrected chi connectivity index (χ0v) is 15.8.